The van der Waals surface area contributed by atoms with E-state index in [2.05, 4.69) is 5.32 Å². The van der Waals surface area contributed by atoms with E-state index in [1.807, 2.05) is 32.0 Å². The molecule has 0 saturated carbocycles. The number of aliphatic hydroxyl groups is 1. The molecule has 0 spiro atoms. The van der Waals surface area contributed by atoms with Crippen LogP contribution in [0.3, 0.4) is 0 Å². The summed E-state index contributed by atoms with van der Waals surface area (Å²) in [7, 11) is 0. The SMILES string of the molecule is Cc1ccc(C(O)CNC(=O)C2CCCO2)c(C)c1. The molecule has 1 aliphatic heterocycles. The van der Waals surface area contributed by atoms with Gasteiger partial charge >= 0.3 is 0 Å². The topological polar surface area (TPSA) is 58.6 Å². The summed E-state index contributed by atoms with van der Waals surface area (Å²) in [5.74, 6) is -0.124. The van der Waals surface area contributed by atoms with Gasteiger partial charge in [0, 0.05) is 13.2 Å². The number of aryl methyl sites for hydroxylation is 2. The summed E-state index contributed by atoms with van der Waals surface area (Å²) in [5.41, 5.74) is 3.06. The normalized spacial score (nSPS) is 20.3. The van der Waals surface area contributed by atoms with Gasteiger partial charge in [0.25, 0.3) is 0 Å². The number of carbonyl (C=O) groups excluding carboxylic acids is 1. The summed E-state index contributed by atoms with van der Waals surface area (Å²) < 4.78 is 5.30. The number of hydrogen-bond donors (Lipinski definition) is 2. The largest absolute Gasteiger partial charge is 0.387 e. The minimum Gasteiger partial charge on any atom is -0.387 e. The Morgan fingerprint density at radius 3 is 2.95 bits per heavy atom. The summed E-state index contributed by atoms with van der Waals surface area (Å²) in [6.45, 7) is 4.86. The molecule has 4 nitrogen and oxygen atoms in total. The third-order valence-corrected chi connectivity index (χ3v) is 3.48. The van der Waals surface area contributed by atoms with Gasteiger partial charge in [0.15, 0.2) is 0 Å². The standard InChI is InChI=1S/C15H21NO3/c1-10-5-6-12(11(2)8-10)13(17)9-16-15(18)14-4-3-7-19-14/h5-6,8,13-14,17H,3-4,7,9H2,1-2H3,(H,16,18). The van der Waals surface area contributed by atoms with E-state index < -0.39 is 6.10 Å². The Morgan fingerprint density at radius 1 is 1.53 bits per heavy atom. The van der Waals surface area contributed by atoms with E-state index in [-0.39, 0.29) is 18.6 Å². The molecule has 104 valence electrons. The van der Waals surface area contributed by atoms with Gasteiger partial charge in [-0.1, -0.05) is 23.8 Å². The van der Waals surface area contributed by atoms with Crippen molar-refractivity contribution >= 4 is 5.91 Å². The zero-order valence-corrected chi connectivity index (χ0v) is 11.5. The first-order valence-electron chi connectivity index (χ1n) is 6.72. The average molecular weight is 263 g/mol. The molecular weight excluding hydrogens is 242 g/mol. The second-order valence-corrected chi connectivity index (χ2v) is 5.12. The van der Waals surface area contributed by atoms with E-state index in [1.54, 1.807) is 0 Å². The summed E-state index contributed by atoms with van der Waals surface area (Å²) in [4.78, 5) is 11.8. The van der Waals surface area contributed by atoms with E-state index in [0.29, 0.717) is 6.61 Å². The lowest BCUT2D eigenvalue weighted by Crippen LogP contribution is -2.36. The van der Waals surface area contributed by atoms with Crippen LogP contribution in [0.15, 0.2) is 18.2 Å². The van der Waals surface area contributed by atoms with Gasteiger partial charge in [-0.25, -0.2) is 0 Å². The van der Waals surface area contributed by atoms with Gasteiger partial charge in [0.05, 0.1) is 6.10 Å². The molecule has 0 bridgehead atoms. The molecule has 2 N–H and O–H groups in total. The molecule has 19 heavy (non-hydrogen) atoms. The highest BCUT2D eigenvalue weighted by atomic mass is 16.5. The Hall–Kier alpha value is -1.39. The number of amides is 1. The van der Waals surface area contributed by atoms with Crippen LogP contribution in [0.1, 0.15) is 35.6 Å². The van der Waals surface area contributed by atoms with Crippen molar-refractivity contribution < 1.29 is 14.6 Å². The Bertz CT molecular complexity index is 453. The zero-order chi connectivity index (χ0) is 13.8. The number of aliphatic hydroxyl groups excluding tert-OH is 1. The first-order chi connectivity index (χ1) is 9.08. The summed E-state index contributed by atoms with van der Waals surface area (Å²) in [6.07, 6.45) is 0.681. The van der Waals surface area contributed by atoms with Crippen LogP contribution in [0.2, 0.25) is 0 Å². The van der Waals surface area contributed by atoms with E-state index in [1.165, 1.54) is 0 Å². The van der Waals surface area contributed by atoms with Crippen molar-refractivity contribution in [1.29, 1.82) is 0 Å². The lowest BCUT2D eigenvalue weighted by Gasteiger charge is -2.16. The molecule has 0 aromatic heterocycles. The predicted octanol–water partition coefficient (Wildman–Crippen LogP) is 1.63. The Morgan fingerprint density at radius 2 is 2.32 bits per heavy atom. The molecule has 1 aromatic rings. The quantitative estimate of drug-likeness (QED) is 0.868. The molecule has 0 radical (unpaired) electrons. The van der Waals surface area contributed by atoms with E-state index in [9.17, 15) is 9.90 Å². The maximum atomic E-state index is 11.8. The third kappa shape index (κ3) is 3.55. The first kappa shape index (κ1) is 14.0. The molecule has 0 aliphatic carbocycles. The second kappa shape index (κ2) is 6.17. The lowest BCUT2D eigenvalue weighted by molar-refractivity contribution is -0.130. The summed E-state index contributed by atoms with van der Waals surface area (Å²) in [6, 6.07) is 5.90. The first-order valence-corrected chi connectivity index (χ1v) is 6.72. The van der Waals surface area contributed by atoms with Crippen LogP contribution in [0.4, 0.5) is 0 Å². The molecule has 1 heterocycles. The number of benzene rings is 1. The van der Waals surface area contributed by atoms with E-state index in [4.69, 9.17) is 4.74 Å². The van der Waals surface area contributed by atoms with Gasteiger partial charge in [0.1, 0.15) is 6.10 Å². The Labute approximate surface area is 113 Å². The maximum Gasteiger partial charge on any atom is 0.249 e. The van der Waals surface area contributed by atoms with E-state index >= 15 is 0 Å². The molecule has 1 saturated heterocycles. The van der Waals surface area contributed by atoms with Gasteiger partial charge in [-0.3, -0.25) is 4.79 Å². The maximum absolute atomic E-state index is 11.8. The number of rotatable bonds is 4. The van der Waals surface area contributed by atoms with Crippen LogP contribution in [0.5, 0.6) is 0 Å². The fraction of sp³-hybridized carbons (Fsp3) is 0.533. The highest BCUT2D eigenvalue weighted by molar-refractivity contribution is 5.81. The lowest BCUT2D eigenvalue weighted by atomic mass is 10.0. The minimum atomic E-state index is -0.675. The highest BCUT2D eigenvalue weighted by Crippen LogP contribution is 2.18. The third-order valence-electron chi connectivity index (χ3n) is 3.48. The van der Waals surface area contributed by atoms with Gasteiger partial charge < -0.3 is 15.2 Å². The van der Waals surface area contributed by atoms with Crippen molar-refractivity contribution in [3.63, 3.8) is 0 Å². The van der Waals surface area contributed by atoms with Crippen molar-refractivity contribution in [2.24, 2.45) is 0 Å². The molecule has 2 atom stereocenters. The molecule has 1 aromatic carbocycles. The van der Waals surface area contributed by atoms with Gasteiger partial charge in [-0.05, 0) is 37.8 Å². The van der Waals surface area contributed by atoms with Gasteiger partial charge in [-0.15, -0.1) is 0 Å². The van der Waals surface area contributed by atoms with Crippen LogP contribution >= 0.6 is 0 Å². The molecular formula is C15H21NO3. The predicted molar refractivity (Wildman–Crippen MR) is 72.9 cm³/mol. The van der Waals surface area contributed by atoms with E-state index in [0.717, 1.165) is 29.5 Å². The van der Waals surface area contributed by atoms with Crippen LogP contribution < -0.4 is 5.32 Å². The number of hydrogen-bond acceptors (Lipinski definition) is 3. The molecule has 2 rings (SSSR count). The van der Waals surface area contributed by atoms with Crippen molar-refractivity contribution in [3.05, 3.63) is 34.9 Å². The van der Waals surface area contributed by atoms with Crippen LogP contribution in [0, 0.1) is 13.8 Å². The fourth-order valence-corrected chi connectivity index (χ4v) is 2.40. The fourth-order valence-electron chi connectivity index (χ4n) is 2.40. The van der Waals surface area contributed by atoms with Crippen LogP contribution in [-0.2, 0) is 9.53 Å². The van der Waals surface area contributed by atoms with Gasteiger partial charge in [-0.2, -0.15) is 0 Å². The number of nitrogens with one attached hydrogen (secondary N) is 1. The molecule has 4 heteroatoms. The molecule has 1 fully saturated rings. The van der Waals surface area contributed by atoms with Crippen LogP contribution in [-0.4, -0.2) is 30.3 Å². The average Bonchev–Trinajstić information content (AvgIpc) is 2.89. The Kier molecular flexibility index (Phi) is 4.56. The smallest absolute Gasteiger partial charge is 0.249 e. The second-order valence-electron chi connectivity index (χ2n) is 5.12. The van der Waals surface area contributed by atoms with Crippen molar-refractivity contribution in [2.45, 2.75) is 38.9 Å². The van der Waals surface area contributed by atoms with Crippen LogP contribution in [0.25, 0.3) is 0 Å². The minimum absolute atomic E-state index is 0.124. The number of carbonyl (C=O) groups is 1. The number of ether oxygens (including phenoxy) is 1. The van der Waals surface area contributed by atoms with Crippen molar-refractivity contribution in [2.75, 3.05) is 13.2 Å². The molecule has 2 unspecified atom stereocenters. The zero-order valence-electron chi connectivity index (χ0n) is 11.5. The molecule has 1 aliphatic rings. The molecule has 1 amide bonds. The van der Waals surface area contributed by atoms with Gasteiger partial charge in [0.2, 0.25) is 5.91 Å². The Balaban J connectivity index is 1.89. The summed E-state index contributed by atoms with van der Waals surface area (Å²) >= 11 is 0. The van der Waals surface area contributed by atoms with Crippen molar-refractivity contribution in [1.82, 2.24) is 5.32 Å². The monoisotopic (exact) mass is 263 g/mol. The van der Waals surface area contributed by atoms with Crippen molar-refractivity contribution in [3.8, 4) is 0 Å². The summed E-state index contributed by atoms with van der Waals surface area (Å²) in [5, 5.41) is 12.9. The highest BCUT2D eigenvalue weighted by Gasteiger charge is 2.24.